The highest BCUT2D eigenvalue weighted by Crippen LogP contribution is 2.35. The van der Waals surface area contributed by atoms with Gasteiger partial charge in [0, 0.05) is 13.2 Å². The van der Waals surface area contributed by atoms with E-state index < -0.39 is 0 Å². The van der Waals surface area contributed by atoms with Crippen LogP contribution in [-0.2, 0) is 12.8 Å². The van der Waals surface area contributed by atoms with Crippen molar-refractivity contribution in [1.82, 2.24) is 0 Å². The van der Waals surface area contributed by atoms with Crippen LogP contribution < -0.4 is 9.47 Å². The molecular formula is C12H16O4. The monoisotopic (exact) mass is 224 g/mol. The summed E-state index contributed by atoms with van der Waals surface area (Å²) in [5.74, 6) is 1.51. The summed E-state index contributed by atoms with van der Waals surface area (Å²) in [4.78, 5) is 0. The standard InChI is InChI=1S/C12H16O4/c13-4-1-2-9-6-11-12(16-8-15-11)7-10(9)3-5-14/h6-7,13-14H,1-5,8H2. The van der Waals surface area contributed by atoms with Crippen LogP contribution in [0.1, 0.15) is 17.5 Å². The zero-order valence-corrected chi connectivity index (χ0v) is 9.11. The van der Waals surface area contributed by atoms with Crippen molar-refractivity contribution in [3.8, 4) is 11.5 Å². The molecule has 1 aliphatic heterocycles. The second-order valence-electron chi connectivity index (χ2n) is 3.77. The number of rotatable bonds is 5. The summed E-state index contributed by atoms with van der Waals surface area (Å²) in [7, 11) is 0. The number of fused-ring (bicyclic) bond motifs is 1. The highest BCUT2D eigenvalue weighted by atomic mass is 16.7. The molecule has 0 fully saturated rings. The number of ether oxygens (including phenoxy) is 2. The average Bonchev–Trinajstić information content (AvgIpc) is 2.73. The van der Waals surface area contributed by atoms with Crippen molar-refractivity contribution in [3.63, 3.8) is 0 Å². The molecule has 0 radical (unpaired) electrons. The van der Waals surface area contributed by atoms with Gasteiger partial charge < -0.3 is 19.7 Å². The number of aliphatic hydroxyl groups is 2. The van der Waals surface area contributed by atoms with Crippen LogP contribution in [-0.4, -0.2) is 30.2 Å². The molecule has 4 nitrogen and oxygen atoms in total. The Morgan fingerprint density at radius 2 is 1.56 bits per heavy atom. The molecule has 1 aromatic carbocycles. The molecular weight excluding hydrogens is 208 g/mol. The number of aryl methyl sites for hydroxylation is 1. The third-order valence-corrected chi connectivity index (χ3v) is 2.68. The molecule has 0 saturated carbocycles. The van der Waals surface area contributed by atoms with Crippen LogP contribution in [0.15, 0.2) is 12.1 Å². The van der Waals surface area contributed by atoms with Gasteiger partial charge in [0.05, 0.1) is 0 Å². The normalized spacial score (nSPS) is 13.1. The van der Waals surface area contributed by atoms with Crippen molar-refractivity contribution in [2.45, 2.75) is 19.3 Å². The van der Waals surface area contributed by atoms with E-state index in [1.54, 1.807) is 0 Å². The Kier molecular flexibility index (Phi) is 3.64. The van der Waals surface area contributed by atoms with Gasteiger partial charge in [-0.15, -0.1) is 0 Å². The first-order valence-electron chi connectivity index (χ1n) is 5.48. The second-order valence-corrected chi connectivity index (χ2v) is 3.77. The minimum atomic E-state index is 0.117. The van der Waals surface area contributed by atoms with Crippen molar-refractivity contribution in [2.24, 2.45) is 0 Å². The van der Waals surface area contributed by atoms with E-state index in [4.69, 9.17) is 19.7 Å². The Morgan fingerprint density at radius 3 is 2.12 bits per heavy atom. The van der Waals surface area contributed by atoms with Crippen LogP contribution in [0.2, 0.25) is 0 Å². The summed E-state index contributed by atoms with van der Waals surface area (Å²) in [6, 6.07) is 3.87. The second kappa shape index (κ2) is 5.18. The number of aliphatic hydroxyl groups excluding tert-OH is 2. The molecule has 0 bridgehead atoms. The van der Waals surface area contributed by atoms with Gasteiger partial charge in [-0.2, -0.15) is 0 Å². The van der Waals surface area contributed by atoms with Gasteiger partial charge >= 0.3 is 0 Å². The molecule has 0 saturated heterocycles. The number of hydrogen-bond donors (Lipinski definition) is 2. The Morgan fingerprint density at radius 1 is 0.938 bits per heavy atom. The topological polar surface area (TPSA) is 58.9 Å². The van der Waals surface area contributed by atoms with Gasteiger partial charge in [0.1, 0.15) is 0 Å². The predicted octanol–water partition coefficient (Wildman–Crippen LogP) is 0.875. The summed E-state index contributed by atoms with van der Waals surface area (Å²) in [6.07, 6.45) is 2.12. The highest BCUT2D eigenvalue weighted by molar-refractivity contribution is 5.48. The molecule has 4 heteroatoms. The van der Waals surface area contributed by atoms with Crippen LogP contribution in [0.5, 0.6) is 11.5 Å². The van der Waals surface area contributed by atoms with Crippen molar-refractivity contribution in [2.75, 3.05) is 20.0 Å². The van der Waals surface area contributed by atoms with Crippen molar-refractivity contribution >= 4 is 0 Å². The number of benzene rings is 1. The third-order valence-electron chi connectivity index (χ3n) is 2.68. The van der Waals surface area contributed by atoms with Crippen LogP contribution in [0.25, 0.3) is 0 Å². The van der Waals surface area contributed by atoms with E-state index in [0.717, 1.165) is 35.5 Å². The van der Waals surface area contributed by atoms with E-state index in [1.165, 1.54) is 0 Å². The van der Waals surface area contributed by atoms with Gasteiger partial charge in [-0.1, -0.05) is 0 Å². The summed E-state index contributed by atoms with van der Waals surface area (Å²) in [6.45, 7) is 0.552. The SMILES string of the molecule is OCCCc1cc2c(cc1CCO)OCO2. The Hall–Kier alpha value is -1.26. The van der Waals surface area contributed by atoms with Crippen LogP contribution in [0.3, 0.4) is 0 Å². The zero-order valence-electron chi connectivity index (χ0n) is 9.11. The predicted molar refractivity (Wildman–Crippen MR) is 58.8 cm³/mol. The quantitative estimate of drug-likeness (QED) is 0.779. The maximum atomic E-state index is 9.00. The minimum Gasteiger partial charge on any atom is -0.454 e. The van der Waals surface area contributed by atoms with Gasteiger partial charge in [0.25, 0.3) is 0 Å². The van der Waals surface area contributed by atoms with E-state index in [9.17, 15) is 0 Å². The first-order valence-corrected chi connectivity index (χ1v) is 5.48. The molecule has 16 heavy (non-hydrogen) atoms. The summed E-state index contributed by atoms with van der Waals surface area (Å²) < 4.78 is 10.6. The van der Waals surface area contributed by atoms with Gasteiger partial charge in [-0.05, 0) is 42.5 Å². The fourth-order valence-corrected chi connectivity index (χ4v) is 1.88. The van der Waals surface area contributed by atoms with E-state index in [0.29, 0.717) is 6.42 Å². The molecule has 1 aromatic rings. The molecule has 0 aromatic heterocycles. The van der Waals surface area contributed by atoms with E-state index in [2.05, 4.69) is 0 Å². The summed E-state index contributed by atoms with van der Waals surface area (Å²) >= 11 is 0. The van der Waals surface area contributed by atoms with Crippen LogP contribution >= 0.6 is 0 Å². The first-order chi connectivity index (χ1) is 7.85. The summed E-state index contributed by atoms with van der Waals surface area (Å²) in [5, 5.41) is 17.8. The molecule has 2 rings (SSSR count). The van der Waals surface area contributed by atoms with Gasteiger partial charge in [0.2, 0.25) is 6.79 Å². The van der Waals surface area contributed by atoms with Crippen molar-refractivity contribution in [3.05, 3.63) is 23.3 Å². The average molecular weight is 224 g/mol. The fourth-order valence-electron chi connectivity index (χ4n) is 1.88. The number of hydrogen-bond acceptors (Lipinski definition) is 4. The smallest absolute Gasteiger partial charge is 0.231 e. The molecule has 1 heterocycles. The highest BCUT2D eigenvalue weighted by Gasteiger charge is 2.16. The van der Waals surface area contributed by atoms with E-state index in [-0.39, 0.29) is 20.0 Å². The maximum Gasteiger partial charge on any atom is 0.231 e. The largest absolute Gasteiger partial charge is 0.454 e. The molecule has 88 valence electrons. The molecule has 0 unspecified atom stereocenters. The van der Waals surface area contributed by atoms with E-state index >= 15 is 0 Å². The van der Waals surface area contributed by atoms with Gasteiger partial charge in [0.15, 0.2) is 11.5 Å². The lowest BCUT2D eigenvalue weighted by atomic mass is 10.00. The van der Waals surface area contributed by atoms with Crippen molar-refractivity contribution < 1.29 is 19.7 Å². The van der Waals surface area contributed by atoms with Crippen LogP contribution in [0, 0.1) is 0 Å². The Labute approximate surface area is 94.4 Å². The third kappa shape index (κ3) is 2.28. The fraction of sp³-hybridized carbons (Fsp3) is 0.500. The minimum absolute atomic E-state index is 0.117. The summed E-state index contributed by atoms with van der Waals surface area (Å²) in [5.41, 5.74) is 2.19. The molecule has 0 atom stereocenters. The van der Waals surface area contributed by atoms with Gasteiger partial charge in [-0.3, -0.25) is 0 Å². The lowest BCUT2D eigenvalue weighted by Crippen LogP contribution is -1.99. The van der Waals surface area contributed by atoms with E-state index in [1.807, 2.05) is 12.1 Å². The zero-order chi connectivity index (χ0) is 11.4. The molecule has 1 aliphatic rings. The maximum absolute atomic E-state index is 9.00. The lowest BCUT2D eigenvalue weighted by molar-refractivity contribution is 0.174. The molecule has 2 N–H and O–H groups in total. The Bertz CT molecular complexity index is 362. The molecule has 0 spiro atoms. The van der Waals surface area contributed by atoms with Crippen molar-refractivity contribution in [1.29, 1.82) is 0 Å². The lowest BCUT2D eigenvalue weighted by Gasteiger charge is -2.09. The van der Waals surface area contributed by atoms with Crippen LogP contribution in [0.4, 0.5) is 0 Å². The first kappa shape index (κ1) is 11.2. The Balaban J connectivity index is 2.25. The van der Waals surface area contributed by atoms with Gasteiger partial charge in [-0.25, -0.2) is 0 Å². The molecule has 0 amide bonds. The molecule has 0 aliphatic carbocycles.